The number of carboxylic acids is 1. The summed E-state index contributed by atoms with van der Waals surface area (Å²) in [5, 5.41) is 17.4. The molecule has 1 aliphatic heterocycles. The number of rotatable bonds is 5. The number of aliphatic carboxylic acids is 1. The van der Waals surface area contributed by atoms with Gasteiger partial charge in [-0.2, -0.15) is 0 Å². The zero-order valence-corrected chi connectivity index (χ0v) is 15.0. The van der Waals surface area contributed by atoms with E-state index in [0.29, 0.717) is 24.6 Å². The smallest absolute Gasteiger partial charge is 0.303 e. The van der Waals surface area contributed by atoms with E-state index in [4.69, 9.17) is 0 Å². The van der Waals surface area contributed by atoms with Crippen molar-refractivity contribution in [3.8, 4) is 0 Å². The normalized spacial score (nSPS) is 19.6. The second-order valence-corrected chi connectivity index (χ2v) is 6.77. The van der Waals surface area contributed by atoms with E-state index in [9.17, 15) is 14.7 Å². The molecule has 2 atom stereocenters. The van der Waals surface area contributed by atoms with Crippen molar-refractivity contribution in [1.29, 1.82) is 0 Å². The minimum atomic E-state index is -0.838. The van der Waals surface area contributed by atoms with Crippen LogP contribution in [0.3, 0.4) is 0 Å². The standard InChI is InChI=1S/C17H22N6O3/c1-21(2)17(26)13-5-4-6-15(18-13)23-8-11(7-16(24)25)12(9-23)14-10-22(3)20-19-14/h4-6,10-12H,7-9H2,1-3H3,(H,24,25)/t11-,12+/m0/s1. The fraction of sp³-hybridized carbons (Fsp3) is 0.471. The average molecular weight is 358 g/mol. The van der Waals surface area contributed by atoms with Gasteiger partial charge in [-0.25, -0.2) is 4.98 Å². The lowest BCUT2D eigenvalue weighted by Gasteiger charge is -2.18. The van der Waals surface area contributed by atoms with Crippen molar-refractivity contribution < 1.29 is 14.7 Å². The number of carbonyl (C=O) groups is 2. The van der Waals surface area contributed by atoms with Crippen LogP contribution in [-0.2, 0) is 11.8 Å². The van der Waals surface area contributed by atoms with Crippen LogP contribution in [0.1, 0.15) is 28.5 Å². The molecule has 3 rings (SSSR count). The zero-order valence-electron chi connectivity index (χ0n) is 15.0. The Kier molecular flexibility index (Phi) is 4.88. The molecule has 0 bridgehead atoms. The van der Waals surface area contributed by atoms with Gasteiger partial charge in [0, 0.05) is 46.3 Å². The lowest BCUT2D eigenvalue weighted by atomic mass is 9.91. The summed E-state index contributed by atoms with van der Waals surface area (Å²) in [6, 6.07) is 5.31. The number of carboxylic acid groups (broad SMARTS) is 1. The number of anilines is 1. The van der Waals surface area contributed by atoms with Gasteiger partial charge in [-0.3, -0.25) is 14.3 Å². The van der Waals surface area contributed by atoms with E-state index in [1.807, 2.05) is 17.2 Å². The van der Waals surface area contributed by atoms with Gasteiger partial charge in [0.25, 0.3) is 5.91 Å². The Labute approximate surface area is 151 Å². The summed E-state index contributed by atoms with van der Waals surface area (Å²) in [5.74, 6) is -0.484. The quantitative estimate of drug-likeness (QED) is 0.835. The summed E-state index contributed by atoms with van der Waals surface area (Å²) in [4.78, 5) is 31.4. The second kappa shape index (κ2) is 7.11. The molecule has 1 N–H and O–H groups in total. The summed E-state index contributed by atoms with van der Waals surface area (Å²) < 4.78 is 1.62. The molecule has 9 nitrogen and oxygen atoms in total. The molecule has 1 saturated heterocycles. The van der Waals surface area contributed by atoms with Crippen molar-refractivity contribution in [3.63, 3.8) is 0 Å². The van der Waals surface area contributed by atoms with Gasteiger partial charge in [-0.15, -0.1) is 5.10 Å². The van der Waals surface area contributed by atoms with Crippen LogP contribution in [0.15, 0.2) is 24.4 Å². The second-order valence-electron chi connectivity index (χ2n) is 6.77. The molecule has 3 heterocycles. The molecular weight excluding hydrogens is 336 g/mol. The first-order valence-electron chi connectivity index (χ1n) is 8.37. The third kappa shape index (κ3) is 3.66. The van der Waals surface area contributed by atoms with Crippen LogP contribution >= 0.6 is 0 Å². The minimum absolute atomic E-state index is 0.0465. The third-order valence-corrected chi connectivity index (χ3v) is 4.56. The first kappa shape index (κ1) is 17.8. The topological polar surface area (TPSA) is 104 Å². The summed E-state index contributed by atoms with van der Waals surface area (Å²) in [5.41, 5.74) is 1.15. The van der Waals surface area contributed by atoms with Crippen molar-refractivity contribution >= 4 is 17.7 Å². The molecule has 0 saturated carbocycles. The SMILES string of the molecule is CN(C)C(=O)c1cccc(N2C[C@H](CC(=O)O)[C@H](c3cn(C)nn3)C2)n1. The number of aromatic nitrogens is 4. The molecule has 138 valence electrons. The highest BCUT2D eigenvalue weighted by molar-refractivity contribution is 5.92. The maximum atomic E-state index is 12.2. The summed E-state index contributed by atoms with van der Waals surface area (Å²) in [6.07, 6.45) is 1.87. The minimum Gasteiger partial charge on any atom is -0.481 e. The van der Waals surface area contributed by atoms with Gasteiger partial charge in [-0.05, 0) is 18.1 Å². The van der Waals surface area contributed by atoms with E-state index in [1.54, 1.807) is 38.0 Å². The van der Waals surface area contributed by atoms with Crippen molar-refractivity contribution in [3.05, 3.63) is 35.8 Å². The van der Waals surface area contributed by atoms with Crippen LogP contribution < -0.4 is 4.90 Å². The molecule has 1 amide bonds. The Morgan fingerprint density at radius 3 is 2.69 bits per heavy atom. The molecular formula is C17H22N6O3. The molecule has 2 aromatic rings. The molecule has 0 spiro atoms. The van der Waals surface area contributed by atoms with Crippen LogP contribution in [-0.4, -0.2) is 69.0 Å². The highest BCUT2D eigenvalue weighted by atomic mass is 16.4. The monoisotopic (exact) mass is 358 g/mol. The van der Waals surface area contributed by atoms with E-state index in [-0.39, 0.29) is 24.2 Å². The first-order chi connectivity index (χ1) is 12.3. The summed E-state index contributed by atoms with van der Waals surface area (Å²) in [6.45, 7) is 1.13. The highest BCUT2D eigenvalue weighted by Gasteiger charge is 2.37. The van der Waals surface area contributed by atoms with Crippen LogP contribution in [0.25, 0.3) is 0 Å². The highest BCUT2D eigenvalue weighted by Crippen LogP contribution is 2.35. The predicted octanol–water partition coefficient (Wildman–Crippen LogP) is 0.607. The van der Waals surface area contributed by atoms with Gasteiger partial charge in [0.05, 0.1) is 12.1 Å². The molecule has 0 aromatic carbocycles. The number of hydrogen-bond donors (Lipinski definition) is 1. The number of nitrogens with zero attached hydrogens (tertiary/aromatic N) is 6. The number of pyridine rings is 1. The van der Waals surface area contributed by atoms with Gasteiger partial charge in [0.2, 0.25) is 0 Å². The molecule has 0 aliphatic carbocycles. The lowest BCUT2D eigenvalue weighted by Crippen LogP contribution is -2.25. The number of amides is 1. The maximum absolute atomic E-state index is 12.2. The van der Waals surface area contributed by atoms with Crippen LogP contribution in [0.5, 0.6) is 0 Å². The van der Waals surface area contributed by atoms with Crippen LogP contribution in [0, 0.1) is 5.92 Å². The molecule has 0 unspecified atom stereocenters. The van der Waals surface area contributed by atoms with E-state index < -0.39 is 5.97 Å². The van der Waals surface area contributed by atoms with Crippen molar-refractivity contribution in [2.24, 2.45) is 13.0 Å². The largest absolute Gasteiger partial charge is 0.481 e. The zero-order chi connectivity index (χ0) is 18.8. The molecule has 1 fully saturated rings. The molecule has 2 aromatic heterocycles. The van der Waals surface area contributed by atoms with E-state index in [2.05, 4.69) is 15.3 Å². The fourth-order valence-corrected chi connectivity index (χ4v) is 3.31. The first-order valence-corrected chi connectivity index (χ1v) is 8.37. The maximum Gasteiger partial charge on any atom is 0.303 e. The number of hydrogen-bond acceptors (Lipinski definition) is 6. The van der Waals surface area contributed by atoms with Crippen molar-refractivity contribution in [2.75, 3.05) is 32.1 Å². The third-order valence-electron chi connectivity index (χ3n) is 4.56. The lowest BCUT2D eigenvalue weighted by molar-refractivity contribution is -0.138. The summed E-state index contributed by atoms with van der Waals surface area (Å²) >= 11 is 0. The average Bonchev–Trinajstić information content (AvgIpc) is 3.20. The van der Waals surface area contributed by atoms with Crippen LogP contribution in [0.2, 0.25) is 0 Å². The Balaban J connectivity index is 1.86. The Morgan fingerprint density at radius 1 is 1.31 bits per heavy atom. The van der Waals surface area contributed by atoms with Gasteiger partial charge in [-0.1, -0.05) is 11.3 Å². The van der Waals surface area contributed by atoms with E-state index >= 15 is 0 Å². The molecule has 9 heteroatoms. The number of aryl methyl sites for hydroxylation is 1. The van der Waals surface area contributed by atoms with Crippen molar-refractivity contribution in [1.82, 2.24) is 24.9 Å². The molecule has 1 aliphatic rings. The summed E-state index contributed by atoms with van der Waals surface area (Å²) in [7, 11) is 5.15. The number of carbonyl (C=O) groups excluding carboxylic acids is 1. The Bertz CT molecular complexity index is 818. The van der Waals surface area contributed by atoms with Gasteiger partial charge >= 0.3 is 5.97 Å². The Hall–Kier alpha value is -2.97. The van der Waals surface area contributed by atoms with Crippen LogP contribution in [0.4, 0.5) is 5.82 Å². The van der Waals surface area contributed by atoms with Crippen molar-refractivity contribution in [2.45, 2.75) is 12.3 Å². The fourth-order valence-electron chi connectivity index (χ4n) is 3.31. The van der Waals surface area contributed by atoms with Gasteiger partial charge in [0.15, 0.2) is 0 Å². The van der Waals surface area contributed by atoms with Gasteiger partial charge < -0.3 is 14.9 Å². The molecule has 0 radical (unpaired) electrons. The van der Waals surface area contributed by atoms with Gasteiger partial charge in [0.1, 0.15) is 11.5 Å². The molecule has 26 heavy (non-hydrogen) atoms. The van der Waals surface area contributed by atoms with E-state index in [1.165, 1.54) is 4.90 Å². The Morgan fingerprint density at radius 2 is 2.08 bits per heavy atom. The predicted molar refractivity (Wildman–Crippen MR) is 94.0 cm³/mol. The van der Waals surface area contributed by atoms with E-state index in [0.717, 1.165) is 5.69 Å².